The van der Waals surface area contributed by atoms with E-state index in [9.17, 15) is 4.79 Å². The van der Waals surface area contributed by atoms with Crippen LogP contribution in [-0.2, 0) is 11.2 Å². The van der Waals surface area contributed by atoms with Crippen LogP contribution in [0.4, 0.5) is 5.69 Å². The van der Waals surface area contributed by atoms with Gasteiger partial charge in [0.05, 0.1) is 17.6 Å². The van der Waals surface area contributed by atoms with E-state index in [1.807, 2.05) is 23.3 Å². The van der Waals surface area contributed by atoms with E-state index < -0.39 is 0 Å². The number of amides is 1. The van der Waals surface area contributed by atoms with Gasteiger partial charge in [-0.1, -0.05) is 31.5 Å². The first-order chi connectivity index (χ1) is 14.2. The van der Waals surface area contributed by atoms with Crippen molar-refractivity contribution in [3.8, 4) is 16.8 Å². The summed E-state index contributed by atoms with van der Waals surface area (Å²) in [6.07, 6.45) is 9.98. The maximum absolute atomic E-state index is 12.4. The van der Waals surface area contributed by atoms with Crippen molar-refractivity contribution in [1.29, 1.82) is 0 Å². The highest BCUT2D eigenvalue weighted by molar-refractivity contribution is 6.03. The van der Waals surface area contributed by atoms with Crippen molar-refractivity contribution in [2.45, 2.75) is 32.6 Å². The summed E-state index contributed by atoms with van der Waals surface area (Å²) in [6.45, 7) is 2.15. The predicted octanol–water partition coefficient (Wildman–Crippen LogP) is 5.32. The quantitative estimate of drug-likeness (QED) is 0.489. The van der Waals surface area contributed by atoms with Crippen molar-refractivity contribution in [3.05, 3.63) is 66.6 Å². The van der Waals surface area contributed by atoms with Gasteiger partial charge in [0.15, 0.2) is 0 Å². The highest BCUT2D eigenvalue weighted by Gasteiger charge is 2.25. The third-order valence-electron chi connectivity index (χ3n) is 5.94. The van der Waals surface area contributed by atoms with Crippen molar-refractivity contribution >= 4 is 22.5 Å². The van der Waals surface area contributed by atoms with Crippen LogP contribution in [0.5, 0.6) is 0 Å². The third kappa shape index (κ3) is 3.33. The van der Waals surface area contributed by atoms with Gasteiger partial charge >= 0.3 is 0 Å². The summed E-state index contributed by atoms with van der Waals surface area (Å²) in [7, 11) is 0. The van der Waals surface area contributed by atoms with Gasteiger partial charge in [-0.3, -0.25) is 4.79 Å². The summed E-state index contributed by atoms with van der Waals surface area (Å²) in [4.78, 5) is 15.6. The van der Waals surface area contributed by atoms with Crippen molar-refractivity contribution < 1.29 is 4.79 Å². The average Bonchev–Trinajstić information content (AvgIpc) is 3.34. The summed E-state index contributed by atoms with van der Waals surface area (Å²) < 4.78 is 1.90. The summed E-state index contributed by atoms with van der Waals surface area (Å²) in [5.41, 5.74) is 6.35. The number of carbonyl (C=O) groups is 1. The van der Waals surface area contributed by atoms with Crippen LogP contribution in [0.15, 0.2) is 61.1 Å². The first kappa shape index (κ1) is 17.7. The van der Waals surface area contributed by atoms with Crippen molar-refractivity contribution in [2.75, 3.05) is 5.32 Å². The number of aromatic amines is 1. The highest BCUT2D eigenvalue weighted by atomic mass is 16.1. The molecule has 0 atom stereocenters. The van der Waals surface area contributed by atoms with Crippen LogP contribution in [0.25, 0.3) is 27.7 Å². The number of anilines is 1. The number of rotatable bonds is 5. The summed E-state index contributed by atoms with van der Waals surface area (Å²) in [6, 6.07) is 14.7. The maximum atomic E-state index is 12.4. The van der Waals surface area contributed by atoms with Crippen LogP contribution < -0.4 is 5.32 Å². The summed E-state index contributed by atoms with van der Waals surface area (Å²) >= 11 is 0. The highest BCUT2D eigenvalue weighted by Crippen LogP contribution is 2.32. The minimum Gasteiger partial charge on any atom is -0.359 e. The van der Waals surface area contributed by atoms with Crippen LogP contribution in [0.3, 0.4) is 0 Å². The molecule has 2 aromatic heterocycles. The fraction of sp³-hybridized carbons (Fsp3) is 0.250. The number of nitrogens with zero attached hydrogens (tertiary/aromatic N) is 2. The van der Waals surface area contributed by atoms with Crippen LogP contribution in [-0.4, -0.2) is 20.7 Å². The molecule has 0 aliphatic heterocycles. The molecule has 1 amide bonds. The average molecular weight is 384 g/mol. The molecule has 0 spiro atoms. The number of aromatic nitrogens is 3. The van der Waals surface area contributed by atoms with E-state index in [1.165, 1.54) is 5.56 Å². The van der Waals surface area contributed by atoms with Gasteiger partial charge in [-0.25, -0.2) is 4.68 Å². The van der Waals surface area contributed by atoms with E-state index in [1.54, 1.807) is 0 Å². The number of benzene rings is 2. The van der Waals surface area contributed by atoms with Gasteiger partial charge in [-0.15, -0.1) is 0 Å². The molecule has 29 heavy (non-hydrogen) atoms. The zero-order chi connectivity index (χ0) is 19.8. The maximum Gasteiger partial charge on any atom is 0.227 e. The molecule has 4 aromatic rings. The number of hydrogen-bond acceptors (Lipinski definition) is 2. The predicted molar refractivity (Wildman–Crippen MR) is 116 cm³/mol. The minimum absolute atomic E-state index is 0.130. The Hall–Kier alpha value is -3.34. The van der Waals surface area contributed by atoms with Crippen molar-refractivity contribution in [3.63, 3.8) is 0 Å². The Kier molecular flexibility index (Phi) is 4.43. The lowest BCUT2D eigenvalue weighted by Gasteiger charge is -2.23. The zero-order valence-corrected chi connectivity index (χ0v) is 16.5. The Morgan fingerprint density at radius 2 is 2.00 bits per heavy atom. The molecule has 5 rings (SSSR count). The molecule has 2 aromatic carbocycles. The second-order valence-electron chi connectivity index (χ2n) is 7.77. The second-order valence-corrected chi connectivity index (χ2v) is 7.77. The normalized spacial score (nSPS) is 14.1. The first-order valence-corrected chi connectivity index (χ1v) is 10.3. The number of H-pyrrole nitrogens is 1. The number of nitrogens with one attached hydrogen (secondary N) is 2. The monoisotopic (exact) mass is 384 g/mol. The van der Waals surface area contributed by atoms with Gasteiger partial charge < -0.3 is 10.3 Å². The van der Waals surface area contributed by atoms with Crippen molar-refractivity contribution in [1.82, 2.24) is 14.8 Å². The molecule has 0 radical (unpaired) electrons. The molecule has 5 nitrogen and oxygen atoms in total. The summed E-state index contributed by atoms with van der Waals surface area (Å²) in [5.74, 6) is 0.298. The van der Waals surface area contributed by atoms with E-state index in [0.717, 1.165) is 59.1 Å². The zero-order valence-electron chi connectivity index (χ0n) is 16.5. The lowest BCUT2D eigenvalue weighted by atomic mass is 9.85. The molecule has 1 fully saturated rings. The van der Waals surface area contributed by atoms with Crippen LogP contribution in [0.1, 0.15) is 31.7 Å². The van der Waals surface area contributed by atoms with Gasteiger partial charge in [0.25, 0.3) is 0 Å². The van der Waals surface area contributed by atoms with E-state index in [0.29, 0.717) is 0 Å². The number of carbonyl (C=O) groups excluding carboxylic acids is 1. The number of hydrogen-bond donors (Lipinski definition) is 2. The van der Waals surface area contributed by atoms with E-state index in [4.69, 9.17) is 0 Å². The van der Waals surface area contributed by atoms with Crippen LogP contribution in [0.2, 0.25) is 0 Å². The minimum atomic E-state index is 0.130. The van der Waals surface area contributed by atoms with Crippen LogP contribution >= 0.6 is 0 Å². The van der Waals surface area contributed by atoms with E-state index >= 15 is 0 Å². The van der Waals surface area contributed by atoms with Gasteiger partial charge in [0, 0.05) is 34.8 Å². The molecule has 1 saturated carbocycles. The molecule has 1 aliphatic rings. The van der Waals surface area contributed by atoms with Gasteiger partial charge in [-0.2, -0.15) is 5.10 Å². The van der Waals surface area contributed by atoms with Gasteiger partial charge in [0.1, 0.15) is 0 Å². The Bertz CT molecular complexity index is 1170. The second kappa shape index (κ2) is 7.24. The number of aryl methyl sites for hydroxylation is 1. The van der Waals surface area contributed by atoms with E-state index in [-0.39, 0.29) is 11.8 Å². The van der Waals surface area contributed by atoms with Crippen molar-refractivity contribution in [2.24, 2.45) is 5.92 Å². The summed E-state index contributed by atoms with van der Waals surface area (Å²) in [5, 5.41) is 8.66. The third-order valence-corrected chi connectivity index (χ3v) is 5.94. The molecule has 146 valence electrons. The topological polar surface area (TPSA) is 62.7 Å². The molecule has 2 N–H and O–H groups in total. The standard InChI is InChI=1S/C24H24N4O/c1-2-16-6-9-20(10-7-16)28-15-19(13-26-28)18-8-11-22-21(12-18)23(14-25-22)27-24(29)17-4-3-5-17/h6-15,17,25H,2-5H2,1H3,(H,27,29). The molecule has 1 aliphatic carbocycles. The molecule has 0 saturated heterocycles. The Labute approximate surface area is 169 Å². The van der Waals surface area contributed by atoms with Gasteiger partial charge in [0.2, 0.25) is 5.91 Å². The van der Waals surface area contributed by atoms with Gasteiger partial charge in [-0.05, 0) is 54.7 Å². The fourth-order valence-corrected chi connectivity index (χ4v) is 3.81. The Morgan fingerprint density at radius 3 is 2.72 bits per heavy atom. The molecule has 0 unspecified atom stereocenters. The van der Waals surface area contributed by atoms with E-state index in [2.05, 4.69) is 64.8 Å². The number of fused-ring (bicyclic) bond motifs is 1. The fourth-order valence-electron chi connectivity index (χ4n) is 3.81. The lowest BCUT2D eigenvalue weighted by molar-refractivity contribution is -0.122. The molecule has 2 heterocycles. The molecule has 5 heteroatoms. The molecular formula is C24H24N4O. The smallest absolute Gasteiger partial charge is 0.227 e. The Balaban J connectivity index is 1.43. The lowest BCUT2D eigenvalue weighted by Crippen LogP contribution is -2.27. The Morgan fingerprint density at radius 1 is 1.17 bits per heavy atom. The largest absolute Gasteiger partial charge is 0.359 e. The van der Waals surface area contributed by atoms with Crippen LogP contribution in [0, 0.1) is 5.92 Å². The first-order valence-electron chi connectivity index (χ1n) is 10.3. The molecular weight excluding hydrogens is 360 g/mol. The molecule has 0 bridgehead atoms. The SMILES string of the molecule is CCc1ccc(-n2cc(-c3ccc4[nH]cc(NC(=O)C5CCC5)c4c3)cn2)cc1.